The summed E-state index contributed by atoms with van der Waals surface area (Å²) in [6, 6.07) is 11.7. The molecule has 3 amide bonds. The summed E-state index contributed by atoms with van der Waals surface area (Å²) in [4.78, 5) is 50.7. The Balaban J connectivity index is 2.36. The lowest BCUT2D eigenvalue weighted by molar-refractivity contribution is -0.150. The highest BCUT2D eigenvalue weighted by Crippen LogP contribution is 2.24. The second kappa shape index (κ2) is 11.2. The Morgan fingerprint density at radius 3 is 2.06 bits per heavy atom. The quantitative estimate of drug-likeness (QED) is 0.582. The molecule has 3 N–H and O–H groups in total. The molecule has 188 valence electrons. The van der Waals surface area contributed by atoms with Crippen LogP contribution in [0.15, 0.2) is 54.6 Å². The van der Waals surface area contributed by atoms with Crippen LogP contribution < -0.4 is 11.1 Å². The van der Waals surface area contributed by atoms with Gasteiger partial charge in [0, 0.05) is 24.6 Å². The molecule has 2 rings (SSSR count). The summed E-state index contributed by atoms with van der Waals surface area (Å²) in [6.45, 7) is 4.88. The molecule has 1 atom stereocenters. The van der Waals surface area contributed by atoms with Gasteiger partial charge in [0.1, 0.15) is 11.6 Å². The predicted molar refractivity (Wildman–Crippen MR) is 126 cm³/mol. The van der Waals surface area contributed by atoms with E-state index in [0.29, 0.717) is 16.2 Å². The second-order valence-corrected chi connectivity index (χ2v) is 8.88. The fourth-order valence-electron chi connectivity index (χ4n) is 3.24. The van der Waals surface area contributed by atoms with Crippen molar-refractivity contribution in [3.05, 3.63) is 65.7 Å². The van der Waals surface area contributed by atoms with E-state index in [-0.39, 0.29) is 12.0 Å². The Labute approximate surface area is 202 Å². The number of carbonyl (C=O) groups excluding carboxylic acids is 4. The van der Waals surface area contributed by atoms with E-state index in [1.54, 1.807) is 39.0 Å². The highest BCUT2D eigenvalue weighted by Gasteiger charge is 2.46. The Hall–Kier alpha value is -3.66. The maximum Gasteiger partial charge on any atom is 0.412 e. The summed E-state index contributed by atoms with van der Waals surface area (Å²) in [5, 5.41) is 2.53. The normalized spacial score (nSPS) is 12.4. The number of nitrogens with one attached hydrogen (secondary N) is 1. The van der Waals surface area contributed by atoms with Crippen LogP contribution in [0.2, 0.25) is 0 Å². The molecule has 2 aromatic carbocycles. The average Bonchev–Trinajstić information content (AvgIpc) is 2.78. The van der Waals surface area contributed by atoms with Gasteiger partial charge in [-0.2, -0.15) is 8.78 Å². The molecular formula is C25H29F2N3O5. The number of ether oxygens (including phenoxy) is 1. The van der Waals surface area contributed by atoms with Gasteiger partial charge in [0.25, 0.3) is 5.91 Å². The number of ketones is 1. The number of Topliss-reactive ketones (excluding diaryl/α,β-unsaturated/α-hetero) is 1. The van der Waals surface area contributed by atoms with Gasteiger partial charge in [-0.25, -0.2) is 4.79 Å². The summed E-state index contributed by atoms with van der Waals surface area (Å²) < 4.78 is 33.9. The van der Waals surface area contributed by atoms with Crippen molar-refractivity contribution in [2.75, 3.05) is 11.9 Å². The third kappa shape index (κ3) is 7.68. The number of nitrogens with zero attached hydrogens (tertiary/aromatic N) is 1. The van der Waals surface area contributed by atoms with Crippen molar-refractivity contribution < 1.29 is 32.7 Å². The van der Waals surface area contributed by atoms with Crippen LogP contribution in [0.25, 0.3) is 0 Å². The van der Waals surface area contributed by atoms with Crippen molar-refractivity contribution >= 4 is 29.4 Å². The van der Waals surface area contributed by atoms with Crippen LogP contribution >= 0.6 is 0 Å². The zero-order valence-corrected chi connectivity index (χ0v) is 20.0. The van der Waals surface area contributed by atoms with Gasteiger partial charge in [0.2, 0.25) is 11.7 Å². The van der Waals surface area contributed by atoms with E-state index in [1.807, 2.05) is 0 Å². The maximum absolute atomic E-state index is 14.3. The van der Waals surface area contributed by atoms with Gasteiger partial charge in [-0.05, 0) is 50.6 Å². The monoisotopic (exact) mass is 489 g/mol. The molecule has 8 nitrogen and oxygen atoms in total. The van der Waals surface area contributed by atoms with Gasteiger partial charge in [0.15, 0.2) is 0 Å². The number of alkyl halides is 2. The predicted octanol–water partition coefficient (Wildman–Crippen LogP) is 3.80. The lowest BCUT2D eigenvalue weighted by atomic mass is 9.96. The number of nitrogens with two attached hydrogens (primary N) is 1. The molecule has 0 radical (unpaired) electrons. The molecule has 35 heavy (non-hydrogen) atoms. The van der Waals surface area contributed by atoms with E-state index in [4.69, 9.17) is 10.5 Å². The zero-order valence-electron chi connectivity index (χ0n) is 20.0. The largest absolute Gasteiger partial charge is 0.444 e. The number of anilines is 1. The molecule has 0 aliphatic carbocycles. The number of halogens is 2. The minimum atomic E-state index is -3.95. The number of imide groups is 1. The number of amides is 3. The smallest absolute Gasteiger partial charge is 0.412 e. The van der Waals surface area contributed by atoms with Crippen LogP contribution in [-0.4, -0.2) is 52.7 Å². The van der Waals surface area contributed by atoms with Crippen molar-refractivity contribution in [1.29, 1.82) is 0 Å². The van der Waals surface area contributed by atoms with Gasteiger partial charge >= 0.3 is 12.0 Å². The van der Waals surface area contributed by atoms with E-state index in [2.05, 4.69) is 5.32 Å². The van der Waals surface area contributed by atoms with Crippen molar-refractivity contribution in [3.8, 4) is 0 Å². The first kappa shape index (κ1) is 27.6. The molecular weight excluding hydrogens is 460 g/mol. The summed E-state index contributed by atoms with van der Waals surface area (Å²) in [7, 11) is 0. The molecule has 0 heterocycles. The van der Waals surface area contributed by atoms with Crippen LogP contribution in [0.3, 0.4) is 0 Å². The van der Waals surface area contributed by atoms with E-state index in [1.165, 1.54) is 36.4 Å². The first-order chi connectivity index (χ1) is 16.2. The second-order valence-electron chi connectivity index (χ2n) is 8.88. The lowest BCUT2D eigenvalue weighted by Crippen LogP contribution is -2.55. The number of hydrogen-bond donors (Lipinski definition) is 2. The molecule has 10 heteroatoms. The van der Waals surface area contributed by atoms with Crippen LogP contribution in [-0.2, 0) is 20.7 Å². The van der Waals surface area contributed by atoms with Gasteiger partial charge < -0.3 is 10.5 Å². The van der Waals surface area contributed by atoms with Crippen LogP contribution in [0, 0.1) is 0 Å². The minimum absolute atomic E-state index is 0.0634. The Morgan fingerprint density at radius 1 is 1.00 bits per heavy atom. The third-order valence-electron chi connectivity index (χ3n) is 4.84. The van der Waals surface area contributed by atoms with Crippen molar-refractivity contribution in [2.24, 2.45) is 5.73 Å². The fraction of sp³-hybridized carbons (Fsp3) is 0.360. The first-order valence-corrected chi connectivity index (χ1v) is 10.9. The Morgan fingerprint density at radius 2 is 1.57 bits per heavy atom. The van der Waals surface area contributed by atoms with Crippen LogP contribution in [0.1, 0.15) is 43.6 Å². The summed E-state index contributed by atoms with van der Waals surface area (Å²) in [5.74, 6) is -7.34. The van der Waals surface area contributed by atoms with E-state index in [9.17, 15) is 28.0 Å². The number of carbonyl (C=O) groups is 4. The van der Waals surface area contributed by atoms with Crippen molar-refractivity contribution in [1.82, 2.24) is 4.90 Å². The number of hydrogen-bond acceptors (Lipinski definition) is 6. The molecule has 0 bridgehead atoms. The molecule has 0 aromatic heterocycles. The fourth-order valence-corrected chi connectivity index (χ4v) is 3.24. The van der Waals surface area contributed by atoms with Gasteiger partial charge in [-0.15, -0.1) is 0 Å². The van der Waals surface area contributed by atoms with Gasteiger partial charge in [-0.1, -0.05) is 30.3 Å². The van der Waals surface area contributed by atoms with Crippen LogP contribution in [0.4, 0.5) is 19.3 Å². The molecule has 0 aliphatic heterocycles. The zero-order chi connectivity index (χ0) is 26.4. The lowest BCUT2D eigenvalue weighted by Gasteiger charge is -2.30. The third-order valence-corrected chi connectivity index (χ3v) is 4.84. The molecule has 0 saturated heterocycles. The molecule has 0 aliphatic rings. The SMILES string of the molecule is CC(=O)N(C(=O)c1ccccc1)C(Cc1ccc(NC(=O)OC(C)(C)C)cc1)C(=O)C(F)(F)CN. The summed E-state index contributed by atoms with van der Waals surface area (Å²) in [5.41, 5.74) is 5.20. The number of rotatable bonds is 8. The molecule has 2 aromatic rings. The topological polar surface area (TPSA) is 119 Å². The summed E-state index contributed by atoms with van der Waals surface area (Å²) in [6.07, 6.45) is -1.06. The standard InChI is InChI=1S/C25H29F2N3O5/c1-16(31)30(22(33)18-8-6-5-7-9-18)20(21(32)25(26,27)15-28)14-17-10-12-19(13-11-17)29-23(34)35-24(2,3)4/h5-13,20H,14-15,28H2,1-4H3,(H,29,34). The highest BCUT2D eigenvalue weighted by atomic mass is 19.3. The molecule has 0 spiro atoms. The van der Waals surface area contributed by atoms with Crippen molar-refractivity contribution in [3.63, 3.8) is 0 Å². The number of benzene rings is 2. The maximum atomic E-state index is 14.3. The minimum Gasteiger partial charge on any atom is -0.444 e. The molecule has 1 unspecified atom stereocenters. The highest BCUT2D eigenvalue weighted by molar-refractivity contribution is 6.08. The molecule has 0 fully saturated rings. The first-order valence-electron chi connectivity index (χ1n) is 10.9. The van der Waals surface area contributed by atoms with E-state index in [0.717, 1.165) is 6.92 Å². The van der Waals surface area contributed by atoms with Crippen molar-refractivity contribution in [2.45, 2.75) is 51.7 Å². The van der Waals surface area contributed by atoms with Gasteiger partial charge in [-0.3, -0.25) is 24.6 Å². The van der Waals surface area contributed by atoms with Gasteiger partial charge in [0.05, 0.1) is 6.54 Å². The Kier molecular flexibility index (Phi) is 8.81. The summed E-state index contributed by atoms with van der Waals surface area (Å²) >= 11 is 0. The van der Waals surface area contributed by atoms with Crippen LogP contribution in [0.5, 0.6) is 0 Å². The van der Waals surface area contributed by atoms with E-state index < -0.39 is 47.8 Å². The van der Waals surface area contributed by atoms with E-state index >= 15 is 0 Å². The Bertz CT molecular complexity index is 1070. The molecule has 0 saturated carbocycles. The average molecular weight is 490 g/mol.